The molecule has 4 aliphatic rings. The second kappa shape index (κ2) is 5.43. The van der Waals surface area contributed by atoms with Crippen LogP contribution in [0.5, 0.6) is 0 Å². The zero-order valence-corrected chi connectivity index (χ0v) is 13.8. The van der Waals surface area contributed by atoms with Crippen molar-refractivity contribution in [3.63, 3.8) is 0 Å². The van der Waals surface area contributed by atoms with Gasteiger partial charge in [-0.25, -0.2) is 4.98 Å². The summed E-state index contributed by atoms with van der Waals surface area (Å²) in [5.74, 6) is 2.15. The van der Waals surface area contributed by atoms with Crippen molar-refractivity contribution in [3.8, 4) is 0 Å². The maximum absolute atomic E-state index is 12.8. The van der Waals surface area contributed by atoms with Gasteiger partial charge in [-0.15, -0.1) is 0 Å². The number of amides is 1. The van der Waals surface area contributed by atoms with Crippen LogP contribution >= 0.6 is 0 Å². The largest absolute Gasteiger partial charge is 0.352 e. The number of nitrogens with zero attached hydrogens (tertiary/aromatic N) is 4. The number of benzene rings is 1. The monoisotopic (exact) mass is 322 g/mol. The highest BCUT2D eigenvalue weighted by Gasteiger charge is 2.42. The molecule has 2 bridgehead atoms. The van der Waals surface area contributed by atoms with E-state index < -0.39 is 0 Å². The zero-order valence-electron chi connectivity index (χ0n) is 13.8. The van der Waals surface area contributed by atoms with Crippen molar-refractivity contribution >= 4 is 22.8 Å². The first-order valence-corrected chi connectivity index (χ1v) is 9.05. The number of anilines is 1. The Balaban J connectivity index is 1.45. The Morgan fingerprint density at radius 3 is 2.71 bits per heavy atom. The summed E-state index contributed by atoms with van der Waals surface area (Å²) in [4.78, 5) is 26.6. The van der Waals surface area contributed by atoms with Crippen LogP contribution in [0.1, 0.15) is 25.7 Å². The number of carbonyl (C=O) groups excluding carboxylic acids is 1. The van der Waals surface area contributed by atoms with Crippen molar-refractivity contribution < 1.29 is 4.79 Å². The normalized spacial score (nSPS) is 26.9. The van der Waals surface area contributed by atoms with E-state index in [2.05, 4.69) is 14.8 Å². The Labute approximate surface area is 141 Å². The number of aromatic nitrogens is 2. The van der Waals surface area contributed by atoms with E-state index in [9.17, 15) is 4.79 Å². The van der Waals surface area contributed by atoms with Gasteiger partial charge >= 0.3 is 0 Å². The highest BCUT2D eigenvalue weighted by Crippen LogP contribution is 2.36. The van der Waals surface area contributed by atoms with Crippen molar-refractivity contribution in [1.29, 1.82) is 0 Å². The van der Waals surface area contributed by atoms with E-state index in [0.29, 0.717) is 11.9 Å². The lowest BCUT2D eigenvalue weighted by Crippen LogP contribution is -2.48. The van der Waals surface area contributed by atoms with Gasteiger partial charge in [0.2, 0.25) is 5.91 Å². The van der Waals surface area contributed by atoms with Crippen LogP contribution < -0.4 is 4.90 Å². The number of carbonyl (C=O) groups is 1. The summed E-state index contributed by atoms with van der Waals surface area (Å²) in [5, 5.41) is 0. The first-order valence-electron chi connectivity index (χ1n) is 9.05. The number of piperidine rings is 1. The standard InChI is InChI=1S/C19H22N4O/c24-19-14-7-8-15(23(19)10-13-5-6-13)12-22(11-14)18-9-20-16-3-1-2-4-17(16)21-18/h1-4,9,13-15H,5-8,10-12H2/t14-,15+/m0/s1. The molecule has 5 heteroatoms. The molecule has 1 aliphatic carbocycles. The van der Waals surface area contributed by atoms with Crippen LogP contribution in [0.15, 0.2) is 30.5 Å². The molecule has 1 aromatic carbocycles. The van der Waals surface area contributed by atoms with Crippen molar-refractivity contribution in [3.05, 3.63) is 30.5 Å². The first-order chi connectivity index (χ1) is 11.8. The number of para-hydroxylation sites is 2. The molecule has 6 rings (SSSR count). The third-order valence-electron chi connectivity index (χ3n) is 5.71. The van der Waals surface area contributed by atoms with E-state index >= 15 is 0 Å². The van der Waals surface area contributed by atoms with Gasteiger partial charge < -0.3 is 9.80 Å². The van der Waals surface area contributed by atoms with Gasteiger partial charge in [0.15, 0.2) is 0 Å². The molecule has 1 amide bonds. The molecule has 0 spiro atoms. The van der Waals surface area contributed by atoms with Crippen LogP contribution in [-0.2, 0) is 4.79 Å². The predicted molar refractivity (Wildman–Crippen MR) is 92.7 cm³/mol. The molecule has 0 radical (unpaired) electrons. The van der Waals surface area contributed by atoms with Crippen LogP contribution in [0.3, 0.4) is 0 Å². The van der Waals surface area contributed by atoms with Gasteiger partial charge in [0.1, 0.15) is 5.82 Å². The second-order valence-corrected chi connectivity index (χ2v) is 7.48. The molecule has 0 unspecified atom stereocenters. The summed E-state index contributed by atoms with van der Waals surface area (Å²) in [7, 11) is 0. The Hall–Kier alpha value is -2.17. The van der Waals surface area contributed by atoms with E-state index in [0.717, 1.165) is 55.2 Å². The maximum Gasteiger partial charge on any atom is 0.227 e. The zero-order chi connectivity index (χ0) is 16.1. The van der Waals surface area contributed by atoms with Crippen molar-refractivity contribution in [2.75, 3.05) is 24.5 Å². The minimum absolute atomic E-state index is 0.121. The van der Waals surface area contributed by atoms with E-state index in [1.807, 2.05) is 30.5 Å². The first kappa shape index (κ1) is 14.2. The summed E-state index contributed by atoms with van der Waals surface area (Å²) in [5.41, 5.74) is 1.85. The molecule has 0 N–H and O–H groups in total. The molecule has 5 nitrogen and oxygen atoms in total. The molecule has 2 atom stereocenters. The van der Waals surface area contributed by atoms with Gasteiger partial charge in [-0.2, -0.15) is 0 Å². The quantitative estimate of drug-likeness (QED) is 0.871. The lowest BCUT2D eigenvalue weighted by Gasteiger charge is -2.36. The van der Waals surface area contributed by atoms with Crippen molar-refractivity contribution in [2.45, 2.75) is 31.7 Å². The van der Waals surface area contributed by atoms with E-state index in [4.69, 9.17) is 4.98 Å². The Bertz CT molecular complexity index is 788. The Morgan fingerprint density at radius 2 is 1.88 bits per heavy atom. The molecule has 3 aliphatic heterocycles. The minimum atomic E-state index is 0.121. The molecular formula is C19H22N4O. The predicted octanol–water partition coefficient (Wildman–Crippen LogP) is 2.47. The SMILES string of the molecule is O=C1[C@H]2CC[C@H](CN(c3cnc4ccccc4n3)C2)N1CC1CC1. The minimum Gasteiger partial charge on any atom is -0.352 e. The molecule has 24 heavy (non-hydrogen) atoms. The van der Waals surface area contributed by atoms with Crippen LogP contribution in [0.2, 0.25) is 0 Å². The Kier molecular flexibility index (Phi) is 3.21. The van der Waals surface area contributed by atoms with Crippen LogP contribution in [-0.4, -0.2) is 46.5 Å². The fourth-order valence-electron chi connectivity index (χ4n) is 4.15. The lowest BCUT2D eigenvalue weighted by atomic mass is 9.94. The fourth-order valence-corrected chi connectivity index (χ4v) is 4.15. The van der Waals surface area contributed by atoms with Gasteiger partial charge in [-0.05, 0) is 43.7 Å². The summed E-state index contributed by atoms with van der Waals surface area (Å²) in [6, 6.07) is 8.30. The number of rotatable bonds is 3. The van der Waals surface area contributed by atoms with Crippen molar-refractivity contribution in [2.24, 2.45) is 11.8 Å². The molecule has 4 fully saturated rings. The van der Waals surface area contributed by atoms with Crippen LogP contribution in [0, 0.1) is 11.8 Å². The van der Waals surface area contributed by atoms with Gasteiger partial charge in [-0.3, -0.25) is 9.78 Å². The van der Waals surface area contributed by atoms with E-state index in [1.165, 1.54) is 12.8 Å². The van der Waals surface area contributed by atoms with E-state index in [-0.39, 0.29) is 5.92 Å². The van der Waals surface area contributed by atoms with Crippen molar-refractivity contribution in [1.82, 2.24) is 14.9 Å². The molecule has 3 saturated heterocycles. The summed E-state index contributed by atoms with van der Waals surface area (Å²) in [6.45, 7) is 2.64. The van der Waals surface area contributed by atoms with Gasteiger partial charge in [-0.1, -0.05) is 12.1 Å². The second-order valence-electron chi connectivity index (χ2n) is 7.48. The molecule has 2 aromatic rings. The highest BCUT2D eigenvalue weighted by atomic mass is 16.2. The smallest absolute Gasteiger partial charge is 0.227 e. The molecular weight excluding hydrogens is 300 g/mol. The van der Waals surface area contributed by atoms with E-state index in [1.54, 1.807) is 0 Å². The topological polar surface area (TPSA) is 49.3 Å². The van der Waals surface area contributed by atoms with Crippen LogP contribution in [0.25, 0.3) is 11.0 Å². The fraction of sp³-hybridized carbons (Fsp3) is 0.526. The van der Waals surface area contributed by atoms with Gasteiger partial charge in [0.25, 0.3) is 0 Å². The maximum atomic E-state index is 12.8. The average Bonchev–Trinajstić information content (AvgIpc) is 3.45. The number of fused-ring (bicyclic) bond motifs is 5. The lowest BCUT2D eigenvalue weighted by molar-refractivity contribution is -0.140. The summed E-state index contributed by atoms with van der Waals surface area (Å²) < 4.78 is 0. The van der Waals surface area contributed by atoms with Gasteiger partial charge in [0, 0.05) is 25.7 Å². The number of hydrogen-bond donors (Lipinski definition) is 0. The summed E-state index contributed by atoms with van der Waals surface area (Å²) >= 11 is 0. The molecule has 4 heterocycles. The van der Waals surface area contributed by atoms with Gasteiger partial charge in [0.05, 0.1) is 23.1 Å². The molecule has 1 aromatic heterocycles. The average molecular weight is 322 g/mol. The third kappa shape index (κ3) is 2.43. The number of hydrogen-bond acceptors (Lipinski definition) is 4. The summed E-state index contributed by atoms with van der Waals surface area (Å²) in [6.07, 6.45) is 6.59. The Morgan fingerprint density at radius 1 is 1.04 bits per heavy atom. The molecule has 1 saturated carbocycles. The highest BCUT2D eigenvalue weighted by molar-refractivity contribution is 5.82. The third-order valence-corrected chi connectivity index (χ3v) is 5.71. The van der Waals surface area contributed by atoms with Crippen LogP contribution in [0.4, 0.5) is 5.82 Å². The molecule has 124 valence electrons.